The minimum atomic E-state index is -3.44. The molecular formula is C18H21NO4S. The fourth-order valence-corrected chi connectivity index (χ4v) is 3.51. The van der Waals surface area contributed by atoms with Gasteiger partial charge in [0.05, 0.1) is 18.4 Å². The molecule has 0 unspecified atom stereocenters. The van der Waals surface area contributed by atoms with E-state index >= 15 is 0 Å². The third-order valence-electron chi connectivity index (χ3n) is 3.71. The Kier molecular flexibility index (Phi) is 6.11. The maximum Gasteiger partial charge on any atom is 0.337 e. The van der Waals surface area contributed by atoms with E-state index in [0.29, 0.717) is 17.7 Å². The Morgan fingerprint density at radius 1 is 1.08 bits per heavy atom. The van der Waals surface area contributed by atoms with Gasteiger partial charge in [0, 0.05) is 6.54 Å². The minimum absolute atomic E-state index is 0.0858. The Morgan fingerprint density at radius 3 is 2.29 bits per heavy atom. The highest BCUT2D eigenvalue weighted by Crippen LogP contribution is 2.14. The van der Waals surface area contributed by atoms with Gasteiger partial charge in [0.2, 0.25) is 10.0 Å². The lowest BCUT2D eigenvalue weighted by Gasteiger charge is -2.13. The van der Waals surface area contributed by atoms with Crippen LogP contribution in [0.2, 0.25) is 0 Å². The van der Waals surface area contributed by atoms with E-state index in [9.17, 15) is 13.2 Å². The molecule has 5 nitrogen and oxygen atoms in total. The predicted molar refractivity (Wildman–Crippen MR) is 93.3 cm³/mol. The van der Waals surface area contributed by atoms with Crippen LogP contribution < -0.4 is 4.72 Å². The number of sulfonamides is 1. The van der Waals surface area contributed by atoms with Crippen molar-refractivity contribution in [1.29, 1.82) is 0 Å². The second-order valence-electron chi connectivity index (χ2n) is 5.61. The number of carbonyl (C=O) groups is 1. The highest BCUT2D eigenvalue weighted by molar-refractivity contribution is 7.88. The van der Waals surface area contributed by atoms with Gasteiger partial charge in [-0.05, 0) is 29.2 Å². The van der Waals surface area contributed by atoms with Crippen molar-refractivity contribution in [3.8, 4) is 0 Å². The van der Waals surface area contributed by atoms with Crippen LogP contribution in [0.3, 0.4) is 0 Å². The standard InChI is InChI=1S/C18H21NO4S/c1-14(16-6-4-3-5-7-16)12-19-24(21,22)13-15-8-10-17(11-9-15)18(20)23-2/h3-11,14,19H,12-13H2,1-2H3/t14-/m0/s1. The van der Waals surface area contributed by atoms with E-state index in [0.717, 1.165) is 5.56 Å². The predicted octanol–water partition coefficient (Wildman–Crippen LogP) is 2.70. The molecule has 128 valence electrons. The Balaban J connectivity index is 1.95. The van der Waals surface area contributed by atoms with E-state index in [4.69, 9.17) is 0 Å². The second kappa shape index (κ2) is 8.08. The normalized spacial score (nSPS) is 12.6. The lowest BCUT2D eigenvalue weighted by atomic mass is 10.0. The zero-order valence-electron chi connectivity index (χ0n) is 13.7. The summed E-state index contributed by atoms with van der Waals surface area (Å²) in [7, 11) is -2.14. The molecule has 0 aromatic heterocycles. The Hall–Kier alpha value is -2.18. The Labute approximate surface area is 142 Å². The monoisotopic (exact) mass is 347 g/mol. The van der Waals surface area contributed by atoms with E-state index in [1.54, 1.807) is 24.3 Å². The lowest BCUT2D eigenvalue weighted by Crippen LogP contribution is -2.28. The van der Waals surface area contributed by atoms with Crippen LogP contribution in [-0.4, -0.2) is 28.0 Å². The average Bonchev–Trinajstić information content (AvgIpc) is 2.60. The van der Waals surface area contributed by atoms with Crippen LogP contribution in [0.25, 0.3) is 0 Å². The molecule has 0 saturated heterocycles. The van der Waals surface area contributed by atoms with Crippen molar-refractivity contribution in [2.24, 2.45) is 0 Å². The number of methoxy groups -OCH3 is 1. The maximum absolute atomic E-state index is 12.2. The SMILES string of the molecule is COC(=O)c1ccc(CS(=O)(=O)NC[C@H](C)c2ccccc2)cc1. The van der Waals surface area contributed by atoms with Gasteiger partial charge < -0.3 is 4.74 Å². The smallest absolute Gasteiger partial charge is 0.337 e. The van der Waals surface area contributed by atoms with Gasteiger partial charge in [-0.2, -0.15) is 0 Å². The summed E-state index contributed by atoms with van der Waals surface area (Å²) in [5, 5.41) is 0. The van der Waals surface area contributed by atoms with E-state index < -0.39 is 16.0 Å². The molecule has 0 heterocycles. The number of esters is 1. The lowest BCUT2D eigenvalue weighted by molar-refractivity contribution is 0.0600. The van der Waals surface area contributed by atoms with E-state index in [2.05, 4.69) is 9.46 Å². The minimum Gasteiger partial charge on any atom is -0.465 e. The summed E-state index contributed by atoms with van der Waals surface area (Å²) >= 11 is 0. The van der Waals surface area contributed by atoms with Gasteiger partial charge in [-0.25, -0.2) is 17.9 Å². The fraction of sp³-hybridized carbons (Fsp3) is 0.278. The largest absolute Gasteiger partial charge is 0.465 e. The summed E-state index contributed by atoms with van der Waals surface area (Å²) in [6, 6.07) is 16.1. The number of hydrogen-bond acceptors (Lipinski definition) is 4. The molecule has 0 aliphatic heterocycles. The molecule has 0 amide bonds. The molecule has 0 aliphatic rings. The van der Waals surface area contributed by atoms with Crippen molar-refractivity contribution >= 4 is 16.0 Å². The number of hydrogen-bond donors (Lipinski definition) is 1. The summed E-state index contributed by atoms with van der Waals surface area (Å²) in [6.07, 6.45) is 0. The Morgan fingerprint density at radius 2 is 1.71 bits per heavy atom. The summed E-state index contributed by atoms with van der Waals surface area (Å²) in [6.45, 7) is 2.32. The van der Waals surface area contributed by atoms with Crippen molar-refractivity contribution in [3.05, 3.63) is 71.3 Å². The van der Waals surface area contributed by atoms with Crippen LogP contribution in [0.5, 0.6) is 0 Å². The number of carbonyl (C=O) groups excluding carboxylic acids is 1. The third kappa shape index (κ3) is 5.18. The Bertz CT molecular complexity index is 770. The molecule has 0 radical (unpaired) electrons. The number of ether oxygens (including phenoxy) is 1. The van der Waals surface area contributed by atoms with Gasteiger partial charge in [0.25, 0.3) is 0 Å². The molecule has 0 bridgehead atoms. The summed E-state index contributed by atoms with van der Waals surface area (Å²) in [4.78, 5) is 11.4. The van der Waals surface area contributed by atoms with Crippen molar-refractivity contribution in [3.63, 3.8) is 0 Å². The van der Waals surface area contributed by atoms with E-state index in [1.807, 2.05) is 37.3 Å². The molecule has 2 rings (SSSR count). The van der Waals surface area contributed by atoms with Crippen LogP contribution in [-0.2, 0) is 20.5 Å². The van der Waals surface area contributed by atoms with Crippen LogP contribution in [0.15, 0.2) is 54.6 Å². The molecule has 0 fully saturated rings. The average molecular weight is 347 g/mol. The van der Waals surface area contributed by atoms with Gasteiger partial charge in [0.1, 0.15) is 0 Å². The highest BCUT2D eigenvalue weighted by Gasteiger charge is 2.14. The molecule has 0 aliphatic carbocycles. The first-order valence-corrected chi connectivity index (χ1v) is 9.26. The quantitative estimate of drug-likeness (QED) is 0.782. The van der Waals surface area contributed by atoms with Crippen LogP contribution in [0.4, 0.5) is 0 Å². The van der Waals surface area contributed by atoms with Crippen molar-refractivity contribution in [1.82, 2.24) is 4.72 Å². The molecule has 2 aromatic rings. The zero-order valence-corrected chi connectivity index (χ0v) is 14.5. The second-order valence-corrected chi connectivity index (χ2v) is 7.41. The summed E-state index contributed by atoms with van der Waals surface area (Å²) in [5.74, 6) is -0.488. The number of benzene rings is 2. The van der Waals surface area contributed by atoms with Crippen LogP contribution in [0, 0.1) is 0 Å². The van der Waals surface area contributed by atoms with Gasteiger partial charge in [-0.1, -0.05) is 49.4 Å². The molecule has 1 N–H and O–H groups in total. The van der Waals surface area contributed by atoms with E-state index in [-0.39, 0.29) is 11.7 Å². The highest BCUT2D eigenvalue weighted by atomic mass is 32.2. The van der Waals surface area contributed by atoms with Crippen LogP contribution in [0.1, 0.15) is 34.3 Å². The summed E-state index contributed by atoms with van der Waals surface area (Å²) < 4.78 is 31.7. The van der Waals surface area contributed by atoms with Crippen LogP contribution >= 0.6 is 0 Å². The third-order valence-corrected chi connectivity index (χ3v) is 5.03. The van der Waals surface area contributed by atoms with E-state index in [1.165, 1.54) is 7.11 Å². The topological polar surface area (TPSA) is 72.5 Å². The first-order chi connectivity index (χ1) is 11.4. The zero-order chi connectivity index (χ0) is 17.6. The van der Waals surface area contributed by atoms with Crippen molar-refractivity contribution in [2.75, 3.05) is 13.7 Å². The van der Waals surface area contributed by atoms with Crippen molar-refractivity contribution < 1.29 is 17.9 Å². The molecule has 0 spiro atoms. The molecule has 1 atom stereocenters. The molecule has 24 heavy (non-hydrogen) atoms. The number of nitrogens with one attached hydrogen (secondary N) is 1. The molecule has 0 saturated carbocycles. The van der Waals surface area contributed by atoms with Crippen molar-refractivity contribution in [2.45, 2.75) is 18.6 Å². The number of rotatable bonds is 7. The molecular weight excluding hydrogens is 326 g/mol. The van der Waals surface area contributed by atoms with Gasteiger partial charge in [-0.15, -0.1) is 0 Å². The van der Waals surface area contributed by atoms with Gasteiger partial charge >= 0.3 is 5.97 Å². The van der Waals surface area contributed by atoms with Gasteiger partial charge in [-0.3, -0.25) is 0 Å². The first kappa shape index (κ1) is 18.2. The summed E-state index contributed by atoms with van der Waals surface area (Å²) in [5.41, 5.74) is 2.09. The molecule has 2 aromatic carbocycles. The fourth-order valence-electron chi connectivity index (χ4n) is 2.28. The maximum atomic E-state index is 12.2. The molecule has 6 heteroatoms. The van der Waals surface area contributed by atoms with Gasteiger partial charge in [0.15, 0.2) is 0 Å². The first-order valence-electron chi connectivity index (χ1n) is 7.61.